The van der Waals surface area contributed by atoms with Gasteiger partial charge < -0.3 is 16.0 Å². The molecule has 0 unspecified atom stereocenters. The molecule has 0 saturated heterocycles. The molecule has 0 heterocycles. The first-order valence-corrected chi connectivity index (χ1v) is 7.58. The van der Waals surface area contributed by atoms with Gasteiger partial charge in [-0.05, 0) is 25.7 Å². The number of amides is 3. The molecule has 19 heavy (non-hydrogen) atoms. The zero-order chi connectivity index (χ0) is 13.5. The summed E-state index contributed by atoms with van der Waals surface area (Å²) in [6.45, 7) is 0.0784. The average molecular weight is 267 g/mol. The molecule has 5 heteroatoms. The summed E-state index contributed by atoms with van der Waals surface area (Å²) in [4.78, 5) is 23.3. The van der Waals surface area contributed by atoms with Crippen LogP contribution in [0, 0.1) is 0 Å². The second kappa shape index (κ2) is 7.36. The SMILES string of the molecule is O=C(CNC(=O)NC1CCCCC1)NC1CCCC1. The summed E-state index contributed by atoms with van der Waals surface area (Å²) in [5.41, 5.74) is 0. The highest BCUT2D eigenvalue weighted by molar-refractivity contribution is 5.84. The summed E-state index contributed by atoms with van der Waals surface area (Å²) < 4.78 is 0. The third-order valence-electron chi connectivity index (χ3n) is 4.07. The molecule has 0 radical (unpaired) electrons. The Bertz CT molecular complexity index is 308. The molecule has 0 bridgehead atoms. The Labute approximate surface area is 114 Å². The molecule has 0 aromatic heterocycles. The van der Waals surface area contributed by atoms with Crippen LogP contribution in [0.3, 0.4) is 0 Å². The van der Waals surface area contributed by atoms with Gasteiger partial charge in [-0.25, -0.2) is 4.79 Å². The number of hydrogen-bond acceptors (Lipinski definition) is 2. The minimum atomic E-state index is -0.214. The Kier molecular flexibility index (Phi) is 5.48. The zero-order valence-corrected chi connectivity index (χ0v) is 11.5. The van der Waals surface area contributed by atoms with Crippen molar-refractivity contribution in [2.24, 2.45) is 0 Å². The minimum absolute atomic E-state index is 0.0781. The Balaban J connectivity index is 1.58. The van der Waals surface area contributed by atoms with Gasteiger partial charge in [0.15, 0.2) is 0 Å². The van der Waals surface area contributed by atoms with Gasteiger partial charge in [-0.3, -0.25) is 4.79 Å². The summed E-state index contributed by atoms with van der Waals surface area (Å²) in [7, 11) is 0. The molecular weight excluding hydrogens is 242 g/mol. The lowest BCUT2D eigenvalue weighted by Crippen LogP contribution is -2.47. The van der Waals surface area contributed by atoms with E-state index in [1.807, 2.05) is 0 Å². The van der Waals surface area contributed by atoms with E-state index in [1.165, 1.54) is 32.1 Å². The lowest BCUT2D eigenvalue weighted by atomic mass is 9.96. The molecule has 0 aliphatic heterocycles. The third-order valence-corrected chi connectivity index (χ3v) is 4.07. The van der Waals surface area contributed by atoms with E-state index in [-0.39, 0.29) is 24.5 Å². The molecule has 0 atom stereocenters. The van der Waals surface area contributed by atoms with Crippen LogP contribution < -0.4 is 16.0 Å². The summed E-state index contributed by atoms with van der Waals surface area (Å²) in [5, 5.41) is 8.54. The van der Waals surface area contributed by atoms with E-state index in [9.17, 15) is 9.59 Å². The van der Waals surface area contributed by atoms with Crippen molar-refractivity contribution >= 4 is 11.9 Å². The van der Waals surface area contributed by atoms with Crippen molar-refractivity contribution in [2.75, 3.05) is 6.54 Å². The van der Waals surface area contributed by atoms with Crippen molar-refractivity contribution in [1.82, 2.24) is 16.0 Å². The van der Waals surface area contributed by atoms with Crippen molar-refractivity contribution < 1.29 is 9.59 Å². The van der Waals surface area contributed by atoms with E-state index in [4.69, 9.17) is 0 Å². The number of nitrogens with one attached hydrogen (secondary N) is 3. The lowest BCUT2D eigenvalue weighted by Gasteiger charge is -2.22. The van der Waals surface area contributed by atoms with Crippen LogP contribution in [0.25, 0.3) is 0 Å². The van der Waals surface area contributed by atoms with Gasteiger partial charge in [-0.15, -0.1) is 0 Å². The molecule has 2 fully saturated rings. The first kappa shape index (κ1) is 14.2. The number of carbonyl (C=O) groups is 2. The van der Waals surface area contributed by atoms with E-state index in [1.54, 1.807) is 0 Å². The van der Waals surface area contributed by atoms with Gasteiger partial charge in [0.2, 0.25) is 5.91 Å². The molecule has 0 aromatic carbocycles. The highest BCUT2D eigenvalue weighted by atomic mass is 16.2. The molecule has 0 aromatic rings. The van der Waals surface area contributed by atoms with Gasteiger partial charge >= 0.3 is 6.03 Å². The topological polar surface area (TPSA) is 70.2 Å². The quantitative estimate of drug-likeness (QED) is 0.725. The Hall–Kier alpha value is -1.26. The molecule has 2 saturated carbocycles. The van der Waals surface area contributed by atoms with Crippen LogP contribution in [-0.2, 0) is 4.79 Å². The standard InChI is InChI=1S/C14H25N3O2/c18-13(16-11-8-4-5-9-11)10-15-14(19)17-12-6-2-1-3-7-12/h11-12H,1-10H2,(H,16,18)(H2,15,17,19). The van der Waals surface area contributed by atoms with Gasteiger partial charge in [-0.2, -0.15) is 0 Å². The van der Waals surface area contributed by atoms with Crippen LogP contribution in [0.2, 0.25) is 0 Å². The summed E-state index contributed by atoms with van der Waals surface area (Å²) in [6, 6.07) is 0.385. The molecule has 3 amide bonds. The van der Waals surface area contributed by atoms with E-state index in [0.717, 1.165) is 25.7 Å². The van der Waals surface area contributed by atoms with Gasteiger partial charge in [0.25, 0.3) is 0 Å². The number of urea groups is 1. The van der Waals surface area contributed by atoms with Gasteiger partial charge in [0.05, 0.1) is 6.54 Å². The maximum atomic E-state index is 11.7. The van der Waals surface area contributed by atoms with Crippen molar-refractivity contribution in [1.29, 1.82) is 0 Å². The number of carbonyl (C=O) groups excluding carboxylic acids is 2. The smallest absolute Gasteiger partial charge is 0.315 e. The number of rotatable bonds is 4. The van der Waals surface area contributed by atoms with Crippen LogP contribution >= 0.6 is 0 Å². The molecule has 0 spiro atoms. The van der Waals surface area contributed by atoms with Crippen LogP contribution in [0.4, 0.5) is 4.79 Å². The fourth-order valence-corrected chi connectivity index (χ4v) is 2.99. The van der Waals surface area contributed by atoms with Crippen LogP contribution in [0.5, 0.6) is 0 Å². The van der Waals surface area contributed by atoms with Crippen molar-refractivity contribution in [3.8, 4) is 0 Å². The van der Waals surface area contributed by atoms with E-state index in [2.05, 4.69) is 16.0 Å². The van der Waals surface area contributed by atoms with Gasteiger partial charge in [-0.1, -0.05) is 32.1 Å². The highest BCUT2D eigenvalue weighted by Crippen LogP contribution is 2.17. The second-order valence-electron chi connectivity index (χ2n) is 5.71. The maximum absolute atomic E-state index is 11.7. The molecular formula is C14H25N3O2. The predicted molar refractivity (Wildman–Crippen MR) is 73.8 cm³/mol. The minimum Gasteiger partial charge on any atom is -0.352 e. The Morgan fingerprint density at radius 1 is 0.789 bits per heavy atom. The third kappa shape index (κ3) is 5.09. The fourth-order valence-electron chi connectivity index (χ4n) is 2.99. The molecule has 2 rings (SSSR count). The monoisotopic (exact) mass is 267 g/mol. The lowest BCUT2D eigenvalue weighted by molar-refractivity contribution is -0.120. The molecule has 3 N–H and O–H groups in total. The number of hydrogen-bond donors (Lipinski definition) is 3. The Morgan fingerprint density at radius 2 is 1.32 bits per heavy atom. The molecule has 108 valence electrons. The van der Waals surface area contributed by atoms with Crippen molar-refractivity contribution in [2.45, 2.75) is 69.9 Å². The van der Waals surface area contributed by atoms with Crippen molar-refractivity contribution in [3.63, 3.8) is 0 Å². The first-order valence-electron chi connectivity index (χ1n) is 7.58. The first-order chi connectivity index (χ1) is 9.24. The summed E-state index contributed by atoms with van der Waals surface area (Å²) in [5.74, 6) is -0.0781. The summed E-state index contributed by atoms with van der Waals surface area (Å²) >= 11 is 0. The van der Waals surface area contributed by atoms with Crippen molar-refractivity contribution in [3.05, 3.63) is 0 Å². The van der Waals surface area contributed by atoms with E-state index in [0.29, 0.717) is 6.04 Å². The fraction of sp³-hybridized carbons (Fsp3) is 0.857. The second-order valence-corrected chi connectivity index (χ2v) is 5.71. The van der Waals surface area contributed by atoms with Crippen LogP contribution in [0.15, 0.2) is 0 Å². The van der Waals surface area contributed by atoms with Crippen LogP contribution in [0.1, 0.15) is 57.8 Å². The predicted octanol–water partition coefficient (Wildman–Crippen LogP) is 1.68. The molecule has 2 aliphatic carbocycles. The van der Waals surface area contributed by atoms with Gasteiger partial charge in [0, 0.05) is 12.1 Å². The average Bonchev–Trinajstić information content (AvgIpc) is 2.90. The largest absolute Gasteiger partial charge is 0.352 e. The van der Waals surface area contributed by atoms with Gasteiger partial charge in [0.1, 0.15) is 0 Å². The zero-order valence-electron chi connectivity index (χ0n) is 11.5. The molecule has 2 aliphatic rings. The molecule has 5 nitrogen and oxygen atoms in total. The highest BCUT2D eigenvalue weighted by Gasteiger charge is 2.18. The van der Waals surface area contributed by atoms with E-state index >= 15 is 0 Å². The van der Waals surface area contributed by atoms with Crippen LogP contribution in [-0.4, -0.2) is 30.6 Å². The maximum Gasteiger partial charge on any atom is 0.315 e. The summed E-state index contributed by atoms with van der Waals surface area (Å²) in [6.07, 6.45) is 10.3. The van der Waals surface area contributed by atoms with E-state index < -0.39 is 0 Å². The normalized spacial score (nSPS) is 21.1. The Morgan fingerprint density at radius 3 is 1.95 bits per heavy atom.